The lowest BCUT2D eigenvalue weighted by Crippen LogP contribution is -2.24. The lowest BCUT2D eigenvalue weighted by molar-refractivity contribution is 0.0920. The number of methoxy groups -OCH3 is 1. The summed E-state index contributed by atoms with van der Waals surface area (Å²) in [5, 5.41) is 2.53. The summed E-state index contributed by atoms with van der Waals surface area (Å²) in [6.45, 7) is 0.131. The van der Waals surface area contributed by atoms with Crippen LogP contribution in [0.3, 0.4) is 0 Å². The first-order valence-electron chi connectivity index (χ1n) is 5.79. The molecule has 0 aliphatic rings. The number of carbonyl (C=O) groups is 1. The van der Waals surface area contributed by atoms with Crippen LogP contribution in [0.25, 0.3) is 0 Å². The summed E-state index contributed by atoms with van der Waals surface area (Å²) in [5.41, 5.74) is 0.156. The van der Waals surface area contributed by atoms with Crippen molar-refractivity contribution >= 4 is 5.91 Å². The zero-order valence-electron chi connectivity index (χ0n) is 10.7. The maximum atomic E-state index is 13.0. The second-order valence-corrected chi connectivity index (χ2v) is 3.99. The summed E-state index contributed by atoms with van der Waals surface area (Å²) in [6, 6.07) is 6.88. The predicted octanol–water partition coefficient (Wildman–Crippen LogP) is 1.72. The molecule has 0 spiro atoms. The second kappa shape index (κ2) is 6.01. The van der Waals surface area contributed by atoms with E-state index in [1.165, 1.54) is 19.2 Å². The SMILES string of the molecule is COc1coc(C(=O)NCc2cccc(F)c2)cc1=O. The van der Waals surface area contributed by atoms with Crippen LogP contribution in [0.15, 0.2) is 45.8 Å². The number of hydrogen-bond donors (Lipinski definition) is 1. The molecule has 104 valence electrons. The van der Waals surface area contributed by atoms with E-state index in [1.807, 2.05) is 0 Å². The van der Waals surface area contributed by atoms with E-state index in [-0.39, 0.29) is 23.9 Å². The van der Waals surface area contributed by atoms with Gasteiger partial charge in [-0.2, -0.15) is 0 Å². The Labute approximate surface area is 114 Å². The van der Waals surface area contributed by atoms with Gasteiger partial charge in [-0.3, -0.25) is 9.59 Å². The smallest absolute Gasteiger partial charge is 0.287 e. The van der Waals surface area contributed by atoms with E-state index in [0.717, 1.165) is 12.3 Å². The zero-order chi connectivity index (χ0) is 14.5. The first-order valence-corrected chi connectivity index (χ1v) is 5.79. The molecule has 5 nitrogen and oxygen atoms in total. The minimum Gasteiger partial charge on any atom is -0.490 e. The van der Waals surface area contributed by atoms with Crippen molar-refractivity contribution in [2.24, 2.45) is 0 Å². The molecule has 2 aromatic rings. The highest BCUT2D eigenvalue weighted by atomic mass is 19.1. The van der Waals surface area contributed by atoms with Crippen LogP contribution in [-0.2, 0) is 6.54 Å². The van der Waals surface area contributed by atoms with Gasteiger partial charge in [0.25, 0.3) is 5.91 Å². The molecule has 0 saturated carbocycles. The molecule has 6 heteroatoms. The Bertz CT molecular complexity index is 681. The molecule has 0 aliphatic carbocycles. The number of benzene rings is 1. The van der Waals surface area contributed by atoms with Crippen LogP contribution in [0, 0.1) is 5.82 Å². The van der Waals surface area contributed by atoms with E-state index >= 15 is 0 Å². The molecule has 0 bridgehead atoms. The first-order chi connectivity index (χ1) is 9.60. The molecule has 0 unspecified atom stereocenters. The van der Waals surface area contributed by atoms with Crippen molar-refractivity contribution in [2.45, 2.75) is 6.54 Å². The van der Waals surface area contributed by atoms with Gasteiger partial charge in [-0.15, -0.1) is 0 Å². The van der Waals surface area contributed by atoms with Crippen LogP contribution in [0.2, 0.25) is 0 Å². The number of nitrogens with one attached hydrogen (secondary N) is 1. The van der Waals surface area contributed by atoms with Crippen molar-refractivity contribution in [3.05, 3.63) is 64.0 Å². The average molecular weight is 277 g/mol. The number of amides is 1. The van der Waals surface area contributed by atoms with E-state index in [0.29, 0.717) is 5.56 Å². The number of carbonyl (C=O) groups excluding carboxylic acids is 1. The Morgan fingerprint density at radius 1 is 1.40 bits per heavy atom. The molecule has 0 fully saturated rings. The summed E-state index contributed by atoms with van der Waals surface area (Å²) in [4.78, 5) is 23.3. The van der Waals surface area contributed by atoms with Crippen LogP contribution in [0.4, 0.5) is 4.39 Å². The van der Waals surface area contributed by atoms with E-state index in [2.05, 4.69) is 5.32 Å². The maximum Gasteiger partial charge on any atom is 0.287 e. The van der Waals surface area contributed by atoms with Gasteiger partial charge < -0.3 is 14.5 Å². The monoisotopic (exact) mass is 277 g/mol. The minimum atomic E-state index is -0.561. The summed E-state index contributed by atoms with van der Waals surface area (Å²) < 4.78 is 22.7. The molecule has 2 rings (SSSR count). The summed E-state index contributed by atoms with van der Waals surface area (Å²) in [7, 11) is 1.33. The van der Waals surface area contributed by atoms with Gasteiger partial charge in [0.1, 0.15) is 12.1 Å². The zero-order valence-corrected chi connectivity index (χ0v) is 10.7. The second-order valence-electron chi connectivity index (χ2n) is 3.99. The average Bonchev–Trinajstić information content (AvgIpc) is 2.44. The van der Waals surface area contributed by atoms with Crippen LogP contribution in [0.1, 0.15) is 16.1 Å². The van der Waals surface area contributed by atoms with E-state index in [1.54, 1.807) is 12.1 Å². The van der Waals surface area contributed by atoms with Gasteiger partial charge in [-0.1, -0.05) is 12.1 Å². The number of ether oxygens (including phenoxy) is 1. The molecule has 1 aromatic carbocycles. The Morgan fingerprint density at radius 3 is 2.85 bits per heavy atom. The third-order valence-electron chi connectivity index (χ3n) is 2.58. The Morgan fingerprint density at radius 2 is 2.20 bits per heavy atom. The summed E-state index contributed by atoms with van der Waals surface area (Å²) in [5.74, 6) is -1.05. The Hall–Kier alpha value is -2.63. The third-order valence-corrected chi connectivity index (χ3v) is 2.58. The Balaban J connectivity index is 2.05. The molecule has 1 aromatic heterocycles. The van der Waals surface area contributed by atoms with Crippen molar-refractivity contribution in [3.8, 4) is 5.75 Å². The lowest BCUT2D eigenvalue weighted by Gasteiger charge is -2.05. The van der Waals surface area contributed by atoms with Gasteiger partial charge in [0.15, 0.2) is 5.76 Å². The molecule has 1 N–H and O–H groups in total. The van der Waals surface area contributed by atoms with Gasteiger partial charge in [0.2, 0.25) is 11.2 Å². The van der Waals surface area contributed by atoms with E-state index in [9.17, 15) is 14.0 Å². The van der Waals surface area contributed by atoms with Crippen LogP contribution in [0.5, 0.6) is 5.75 Å². The van der Waals surface area contributed by atoms with Crippen molar-refractivity contribution < 1.29 is 18.3 Å². The molecule has 0 saturated heterocycles. The molecule has 0 radical (unpaired) electrons. The van der Waals surface area contributed by atoms with Crippen LogP contribution >= 0.6 is 0 Å². The van der Waals surface area contributed by atoms with Crippen molar-refractivity contribution in [3.63, 3.8) is 0 Å². The third kappa shape index (κ3) is 3.23. The number of hydrogen-bond acceptors (Lipinski definition) is 4. The van der Waals surface area contributed by atoms with Gasteiger partial charge in [0.05, 0.1) is 7.11 Å². The van der Waals surface area contributed by atoms with E-state index < -0.39 is 11.3 Å². The molecule has 0 aliphatic heterocycles. The number of rotatable bonds is 4. The fourth-order valence-electron chi connectivity index (χ4n) is 1.58. The highest BCUT2D eigenvalue weighted by Gasteiger charge is 2.11. The lowest BCUT2D eigenvalue weighted by atomic mass is 10.2. The van der Waals surface area contributed by atoms with Crippen molar-refractivity contribution in [2.75, 3.05) is 7.11 Å². The van der Waals surface area contributed by atoms with Gasteiger partial charge in [-0.25, -0.2) is 4.39 Å². The van der Waals surface area contributed by atoms with Crippen molar-refractivity contribution in [1.29, 1.82) is 0 Å². The standard InChI is InChI=1S/C14H12FNO4/c1-19-13-8-20-12(6-11(13)17)14(18)16-7-9-3-2-4-10(15)5-9/h2-6,8H,7H2,1H3,(H,16,18). The fraction of sp³-hybridized carbons (Fsp3) is 0.143. The minimum absolute atomic E-state index is 0.0201. The normalized spacial score (nSPS) is 10.1. The largest absolute Gasteiger partial charge is 0.490 e. The van der Waals surface area contributed by atoms with E-state index in [4.69, 9.17) is 9.15 Å². The predicted molar refractivity (Wildman–Crippen MR) is 69.1 cm³/mol. The quantitative estimate of drug-likeness (QED) is 0.923. The molecule has 20 heavy (non-hydrogen) atoms. The van der Waals surface area contributed by atoms with Gasteiger partial charge in [-0.05, 0) is 17.7 Å². The molecular formula is C14H12FNO4. The summed E-state index contributed by atoms with van der Waals surface area (Å²) >= 11 is 0. The molecule has 1 heterocycles. The van der Waals surface area contributed by atoms with Crippen molar-refractivity contribution in [1.82, 2.24) is 5.32 Å². The maximum absolute atomic E-state index is 13.0. The molecule has 1 amide bonds. The van der Waals surface area contributed by atoms with Crippen LogP contribution in [-0.4, -0.2) is 13.0 Å². The fourth-order valence-corrected chi connectivity index (χ4v) is 1.58. The number of halogens is 1. The molecular weight excluding hydrogens is 265 g/mol. The summed E-state index contributed by atoms with van der Waals surface area (Å²) in [6.07, 6.45) is 1.07. The first kappa shape index (κ1) is 13.8. The van der Waals surface area contributed by atoms with Gasteiger partial charge >= 0.3 is 0 Å². The van der Waals surface area contributed by atoms with Gasteiger partial charge in [0, 0.05) is 12.6 Å². The highest BCUT2D eigenvalue weighted by Crippen LogP contribution is 2.06. The highest BCUT2D eigenvalue weighted by molar-refractivity contribution is 5.91. The molecule has 0 atom stereocenters. The topological polar surface area (TPSA) is 68.5 Å². The Kier molecular flexibility index (Phi) is 4.14. The van der Waals surface area contributed by atoms with Crippen LogP contribution < -0.4 is 15.5 Å².